The third-order valence-electron chi connectivity index (χ3n) is 3.92. The number of hydrazine groups is 1. The van der Waals surface area contributed by atoms with Gasteiger partial charge in [-0.15, -0.1) is 0 Å². The number of nitrogens with one attached hydrogen (secondary N) is 2. The van der Waals surface area contributed by atoms with Gasteiger partial charge in [0.15, 0.2) is 0 Å². The first-order valence-electron chi connectivity index (χ1n) is 7.71. The zero-order chi connectivity index (χ0) is 14.5. The minimum Gasteiger partial charge on any atom is -0.367 e. The van der Waals surface area contributed by atoms with E-state index in [-0.39, 0.29) is 0 Å². The molecule has 112 valence electrons. The SMILES string of the molecule is CCCc1nc(NN)cc(NC2CC(C)CC(C)C2)n1. The first kappa shape index (κ1) is 15.0. The Kier molecular flexibility index (Phi) is 5.17. The lowest BCUT2D eigenvalue weighted by atomic mass is 9.80. The molecule has 0 aliphatic heterocycles. The fourth-order valence-corrected chi connectivity index (χ4v) is 3.25. The number of anilines is 2. The van der Waals surface area contributed by atoms with Crippen molar-refractivity contribution in [3.8, 4) is 0 Å². The van der Waals surface area contributed by atoms with Gasteiger partial charge in [0.05, 0.1) is 0 Å². The molecule has 0 saturated heterocycles. The number of aryl methyl sites for hydroxylation is 1. The van der Waals surface area contributed by atoms with E-state index >= 15 is 0 Å². The molecule has 5 heteroatoms. The quantitative estimate of drug-likeness (QED) is 0.570. The van der Waals surface area contributed by atoms with Gasteiger partial charge in [-0.1, -0.05) is 20.8 Å². The molecule has 1 aromatic rings. The van der Waals surface area contributed by atoms with Crippen LogP contribution in [-0.2, 0) is 6.42 Å². The molecular formula is C15H27N5. The van der Waals surface area contributed by atoms with Gasteiger partial charge in [-0.25, -0.2) is 15.8 Å². The van der Waals surface area contributed by atoms with Crippen LogP contribution in [0, 0.1) is 11.8 Å². The lowest BCUT2D eigenvalue weighted by Crippen LogP contribution is -2.30. The van der Waals surface area contributed by atoms with E-state index in [1.54, 1.807) is 0 Å². The molecule has 0 spiro atoms. The third kappa shape index (κ3) is 4.07. The number of nitrogen functional groups attached to an aromatic ring is 1. The maximum absolute atomic E-state index is 5.49. The summed E-state index contributed by atoms with van der Waals surface area (Å²) in [4.78, 5) is 8.97. The Morgan fingerprint density at radius 2 is 1.80 bits per heavy atom. The van der Waals surface area contributed by atoms with E-state index in [0.717, 1.165) is 36.3 Å². The normalized spacial score (nSPS) is 26.3. The molecule has 1 heterocycles. The van der Waals surface area contributed by atoms with Crippen LogP contribution in [0.15, 0.2) is 6.07 Å². The first-order valence-corrected chi connectivity index (χ1v) is 7.71. The number of hydrogen-bond donors (Lipinski definition) is 3. The zero-order valence-electron chi connectivity index (χ0n) is 12.8. The predicted molar refractivity (Wildman–Crippen MR) is 83.4 cm³/mol. The fraction of sp³-hybridized carbons (Fsp3) is 0.733. The number of nitrogens with zero attached hydrogens (tertiary/aromatic N) is 2. The largest absolute Gasteiger partial charge is 0.367 e. The van der Waals surface area contributed by atoms with E-state index < -0.39 is 0 Å². The molecule has 1 fully saturated rings. The summed E-state index contributed by atoms with van der Waals surface area (Å²) in [5.41, 5.74) is 2.63. The number of nitrogens with two attached hydrogens (primary N) is 1. The lowest BCUT2D eigenvalue weighted by molar-refractivity contribution is 0.280. The second-order valence-corrected chi connectivity index (χ2v) is 6.21. The second-order valence-electron chi connectivity index (χ2n) is 6.21. The van der Waals surface area contributed by atoms with E-state index in [4.69, 9.17) is 5.84 Å². The van der Waals surface area contributed by atoms with Crippen LogP contribution in [0.5, 0.6) is 0 Å². The number of hydrogen-bond acceptors (Lipinski definition) is 5. The summed E-state index contributed by atoms with van der Waals surface area (Å²) >= 11 is 0. The Balaban J connectivity index is 2.09. The summed E-state index contributed by atoms with van der Waals surface area (Å²) in [6, 6.07) is 2.40. The lowest BCUT2D eigenvalue weighted by Gasteiger charge is -2.32. The highest BCUT2D eigenvalue weighted by molar-refractivity contribution is 5.47. The molecule has 1 aliphatic rings. The molecule has 1 aliphatic carbocycles. The molecule has 2 unspecified atom stereocenters. The van der Waals surface area contributed by atoms with Crippen molar-refractivity contribution < 1.29 is 0 Å². The average molecular weight is 277 g/mol. The molecule has 2 atom stereocenters. The van der Waals surface area contributed by atoms with Crippen LogP contribution in [-0.4, -0.2) is 16.0 Å². The molecule has 0 radical (unpaired) electrons. The Labute approximate surface area is 121 Å². The maximum atomic E-state index is 5.49. The molecule has 5 nitrogen and oxygen atoms in total. The average Bonchev–Trinajstić information content (AvgIpc) is 2.37. The molecule has 1 aromatic heterocycles. The van der Waals surface area contributed by atoms with Crippen molar-refractivity contribution in [3.63, 3.8) is 0 Å². The van der Waals surface area contributed by atoms with Gasteiger partial charge in [-0.3, -0.25) is 0 Å². The summed E-state index contributed by atoms with van der Waals surface area (Å²) in [6.07, 6.45) is 5.66. The Morgan fingerprint density at radius 1 is 1.15 bits per heavy atom. The molecular weight excluding hydrogens is 250 g/mol. The Hall–Kier alpha value is -1.36. The summed E-state index contributed by atoms with van der Waals surface area (Å²) in [5.74, 6) is 9.47. The fourth-order valence-electron chi connectivity index (χ4n) is 3.25. The van der Waals surface area contributed by atoms with Crippen LogP contribution in [0.4, 0.5) is 11.6 Å². The Bertz CT molecular complexity index is 424. The van der Waals surface area contributed by atoms with Crippen molar-refractivity contribution in [1.82, 2.24) is 9.97 Å². The van der Waals surface area contributed by atoms with Crippen molar-refractivity contribution in [1.29, 1.82) is 0 Å². The summed E-state index contributed by atoms with van der Waals surface area (Å²) < 4.78 is 0. The maximum Gasteiger partial charge on any atom is 0.145 e. The first-order chi connectivity index (χ1) is 9.60. The summed E-state index contributed by atoms with van der Waals surface area (Å²) in [7, 11) is 0. The van der Waals surface area contributed by atoms with Crippen LogP contribution in [0.1, 0.15) is 52.3 Å². The van der Waals surface area contributed by atoms with Crippen LogP contribution >= 0.6 is 0 Å². The van der Waals surface area contributed by atoms with Gasteiger partial charge < -0.3 is 10.7 Å². The summed E-state index contributed by atoms with van der Waals surface area (Å²) in [5, 5.41) is 3.57. The van der Waals surface area contributed by atoms with Gasteiger partial charge in [0.2, 0.25) is 0 Å². The van der Waals surface area contributed by atoms with E-state index in [1.165, 1.54) is 19.3 Å². The van der Waals surface area contributed by atoms with E-state index in [9.17, 15) is 0 Å². The number of aromatic nitrogens is 2. The molecule has 0 bridgehead atoms. The molecule has 4 N–H and O–H groups in total. The van der Waals surface area contributed by atoms with Gasteiger partial charge in [0, 0.05) is 18.5 Å². The minimum absolute atomic E-state index is 0.503. The van der Waals surface area contributed by atoms with Gasteiger partial charge in [0.25, 0.3) is 0 Å². The molecule has 0 aromatic carbocycles. The van der Waals surface area contributed by atoms with Gasteiger partial charge in [-0.2, -0.15) is 0 Å². The van der Waals surface area contributed by atoms with E-state index in [0.29, 0.717) is 11.9 Å². The van der Waals surface area contributed by atoms with Crippen molar-refractivity contribution in [2.24, 2.45) is 17.7 Å². The molecule has 0 amide bonds. The van der Waals surface area contributed by atoms with E-state index in [2.05, 4.69) is 41.5 Å². The molecule has 1 saturated carbocycles. The van der Waals surface area contributed by atoms with Crippen molar-refractivity contribution in [2.45, 2.75) is 58.9 Å². The van der Waals surface area contributed by atoms with Crippen LogP contribution in [0.3, 0.4) is 0 Å². The standard InChI is InChI=1S/C15H27N5/c1-4-5-13-18-14(9-15(19-13)20-16)17-12-7-10(2)6-11(3)8-12/h9-12H,4-8,16H2,1-3H3,(H2,17,18,19,20). The highest BCUT2D eigenvalue weighted by atomic mass is 15.3. The smallest absolute Gasteiger partial charge is 0.145 e. The monoisotopic (exact) mass is 277 g/mol. The van der Waals surface area contributed by atoms with Crippen molar-refractivity contribution in [2.75, 3.05) is 10.7 Å². The third-order valence-corrected chi connectivity index (χ3v) is 3.92. The van der Waals surface area contributed by atoms with Gasteiger partial charge in [-0.05, 0) is 37.5 Å². The number of rotatable bonds is 5. The topological polar surface area (TPSA) is 75.9 Å². The van der Waals surface area contributed by atoms with Crippen molar-refractivity contribution >= 4 is 11.6 Å². The van der Waals surface area contributed by atoms with E-state index in [1.807, 2.05) is 6.07 Å². The molecule has 20 heavy (non-hydrogen) atoms. The summed E-state index contributed by atoms with van der Waals surface area (Å²) in [6.45, 7) is 6.79. The highest BCUT2D eigenvalue weighted by Gasteiger charge is 2.24. The van der Waals surface area contributed by atoms with Crippen LogP contribution in [0.25, 0.3) is 0 Å². The zero-order valence-corrected chi connectivity index (χ0v) is 12.8. The van der Waals surface area contributed by atoms with Gasteiger partial charge in [0.1, 0.15) is 17.5 Å². The predicted octanol–water partition coefficient (Wildman–Crippen LogP) is 2.95. The Morgan fingerprint density at radius 3 is 2.40 bits per heavy atom. The van der Waals surface area contributed by atoms with Crippen LogP contribution < -0.4 is 16.6 Å². The highest BCUT2D eigenvalue weighted by Crippen LogP contribution is 2.30. The second kappa shape index (κ2) is 6.88. The van der Waals surface area contributed by atoms with Gasteiger partial charge >= 0.3 is 0 Å². The molecule has 2 rings (SSSR count). The van der Waals surface area contributed by atoms with Crippen molar-refractivity contribution in [3.05, 3.63) is 11.9 Å². The minimum atomic E-state index is 0.503. The van der Waals surface area contributed by atoms with Crippen LogP contribution in [0.2, 0.25) is 0 Å².